The van der Waals surface area contributed by atoms with E-state index >= 15 is 0 Å². The molecule has 5 heteroatoms. The van der Waals surface area contributed by atoms with E-state index in [4.69, 9.17) is 5.73 Å². The van der Waals surface area contributed by atoms with Crippen LogP contribution >= 0.6 is 0 Å². The Morgan fingerprint density at radius 2 is 2.06 bits per heavy atom. The Labute approximate surface area is 104 Å². The van der Waals surface area contributed by atoms with Crippen LogP contribution in [0.2, 0.25) is 0 Å². The van der Waals surface area contributed by atoms with Crippen molar-refractivity contribution >= 4 is 15.6 Å². The Bertz CT molecular complexity index is 377. The molecule has 1 fully saturated rings. The predicted octanol–water partition coefficient (Wildman–Crippen LogP) is 1.29. The Morgan fingerprint density at radius 1 is 1.41 bits per heavy atom. The van der Waals surface area contributed by atoms with Crippen molar-refractivity contribution in [1.82, 2.24) is 0 Å². The fourth-order valence-corrected chi connectivity index (χ4v) is 3.81. The molecule has 0 aliphatic heterocycles. The first kappa shape index (κ1) is 14.6. The van der Waals surface area contributed by atoms with Gasteiger partial charge in [-0.1, -0.05) is 20.3 Å². The highest BCUT2D eigenvalue weighted by atomic mass is 32.2. The lowest BCUT2D eigenvalue weighted by molar-refractivity contribution is -0.127. The lowest BCUT2D eigenvalue weighted by atomic mass is 9.80. The van der Waals surface area contributed by atoms with Crippen molar-refractivity contribution in [2.75, 3.05) is 11.5 Å². The molecule has 1 saturated carbocycles. The molecule has 1 rings (SSSR count). The molecule has 0 spiro atoms. The molecule has 2 atom stereocenters. The molecule has 0 aromatic rings. The fraction of sp³-hybridized carbons (Fsp3) is 0.917. The summed E-state index contributed by atoms with van der Waals surface area (Å²) in [6.45, 7) is 3.70. The predicted molar refractivity (Wildman–Crippen MR) is 68.5 cm³/mol. The van der Waals surface area contributed by atoms with E-state index in [-0.39, 0.29) is 29.8 Å². The number of sulfone groups is 1. The van der Waals surface area contributed by atoms with Crippen molar-refractivity contribution < 1.29 is 13.2 Å². The van der Waals surface area contributed by atoms with E-state index in [1.165, 1.54) is 0 Å². The highest BCUT2D eigenvalue weighted by Crippen LogP contribution is 2.38. The van der Waals surface area contributed by atoms with Gasteiger partial charge in [0.15, 0.2) is 9.84 Å². The first-order valence-electron chi connectivity index (χ1n) is 6.31. The van der Waals surface area contributed by atoms with Crippen LogP contribution in [0.15, 0.2) is 0 Å². The monoisotopic (exact) mass is 261 g/mol. The minimum Gasteiger partial charge on any atom is -0.327 e. The average Bonchev–Trinajstić information content (AvgIpc) is 2.57. The molecule has 0 saturated heterocycles. The zero-order valence-corrected chi connectivity index (χ0v) is 11.6. The van der Waals surface area contributed by atoms with Crippen molar-refractivity contribution in [2.24, 2.45) is 11.1 Å². The minimum absolute atomic E-state index is 0.0159. The van der Waals surface area contributed by atoms with Crippen molar-refractivity contribution in [3.05, 3.63) is 0 Å². The maximum absolute atomic E-state index is 12.1. The molecule has 1 aliphatic carbocycles. The number of rotatable bonds is 6. The third kappa shape index (κ3) is 3.52. The zero-order valence-electron chi connectivity index (χ0n) is 10.7. The Kier molecular flexibility index (Phi) is 4.72. The van der Waals surface area contributed by atoms with Gasteiger partial charge in [-0.05, 0) is 19.3 Å². The number of hydrogen-bond acceptors (Lipinski definition) is 4. The zero-order chi connectivity index (χ0) is 13.1. The van der Waals surface area contributed by atoms with Crippen LogP contribution < -0.4 is 5.73 Å². The number of carbonyl (C=O) groups excluding carboxylic acids is 1. The van der Waals surface area contributed by atoms with Crippen molar-refractivity contribution in [3.63, 3.8) is 0 Å². The van der Waals surface area contributed by atoms with E-state index < -0.39 is 15.3 Å². The van der Waals surface area contributed by atoms with Crippen molar-refractivity contribution in [3.8, 4) is 0 Å². The molecule has 100 valence electrons. The van der Waals surface area contributed by atoms with Crippen LogP contribution in [0, 0.1) is 5.41 Å². The molecular formula is C12H23NO3S. The standard InChI is InChI=1S/C12H23NO3S/c1-3-8-17(15,16)9-6-11(14)12(2)7-4-5-10(12)13/h10H,3-9,13H2,1-2H3. The largest absolute Gasteiger partial charge is 0.327 e. The first-order chi connectivity index (χ1) is 7.82. The van der Waals surface area contributed by atoms with Gasteiger partial charge in [0.05, 0.1) is 5.75 Å². The molecular weight excluding hydrogens is 238 g/mol. The summed E-state index contributed by atoms with van der Waals surface area (Å²) in [6.07, 6.45) is 3.34. The number of carbonyl (C=O) groups is 1. The van der Waals surface area contributed by atoms with Crippen LogP contribution in [0.1, 0.15) is 46.0 Å². The summed E-state index contributed by atoms with van der Waals surface area (Å²) in [7, 11) is -3.06. The lowest BCUT2D eigenvalue weighted by Gasteiger charge is -2.27. The summed E-state index contributed by atoms with van der Waals surface area (Å²) in [6, 6.07) is -0.108. The van der Waals surface area contributed by atoms with Gasteiger partial charge < -0.3 is 5.73 Å². The number of Topliss-reactive ketones (excluding diaryl/α,β-unsaturated/α-hetero) is 1. The normalized spacial score (nSPS) is 29.5. The van der Waals surface area contributed by atoms with Gasteiger partial charge in [-0.2, -0.15) is 0 Å². The van der Waals surface area contributed by atoms with Gasteiger partial charge in [-0.25, -0.2) is 8.42 Å². The molecule has 4 nitrogen and oxygen atoms in total. The Hall–Kier alpha value is -0.420. The van der Waals surface area contributed by atoms with Gasteiger partial charge in [-0.3, -0.25) is 4.79 Å². The highest BCUT2D eigenvalue weighted by molar-refractivity contribution is 7.91. The Morgan fingerprint density at radius 3 is 2.53 bits per heavy atom. The van der Waals surface area contributed by atoms with Gasteiger partial charge in [0.1, 0.15) is 5.78 Å². The summed E-state index contributed by atoms with van der Waals surface area (Å²) in [4.78, 5) is 12.1. The lowest BCUT2D eigenvalue weighted by Crippen LogP contribution is -2.41. The van der Waals surface area contributed by atoms with Crippen molar-refractivity contribution in [1.29, 1.82) is 0 Å². The van der Waals surface area contributed by atoms with Crippen LogP contribution in [0.5, 0.6) is 0 Å². The first-order valence-corrected chi connectivity index (χ1v) is 8.13. The summed E-state index contributed by atoms with van der Waals surface area (Å²) >= 11 is 0. The smallest absolute Gasteiger partial charge is 0.150 e. The van der Waals surface area contributed by atoms with Crippen LogP contribution in [0.4, 0.5) is 0 Å². The average molecular weight is 261 g/mol. The second-order valence-corrected chi connectivity index (χ2v) is 7.54. The second-order valence-electron chi connectivity index (χ2n) is 5.24. The summed E-state index contributed by atoms with van der Waals surface area (Å²) in [5.74, 6) is 0.160. The number of ketones is 1. The second kappa shape index (κ2) is 5.48. The number of hydrogen-bond donors (Lipinski definition) is 1. The number of nitrogens with two attached hydrogens (primary N) is 1. The summed E-state index contributed by atoms with van der Waals surface area (Å²) in [5, 5.41) is 0. The molecule has 2 unspecified atom stereocenters. The quantitative estimate of drug-likeness (QED) is 0.781. The fourth-order valence-electron chi connectivity index (χ4n) is 2.49. The minimum atomic E-state index is -3.06. The van der Waals surface area contributed by atoms with Crippen LogP contribution in [0.3, 0.4) is 0 Å². The maximum Gasteiger partial charge on any atom is 0.150 e. The molecule has 0 amide bonds. The molecule has 17 heavy (non-hydrogen) atoms. The van der Waals surface area contributed by atoms with E-state index in [1.807, 2.05) is 13.8 Å². The van der Waals surface area contributed by atoms with Crippen molar-refractivity contribution in [2.45, 2.75) is 52.0 Å². The van der Waals surface area contributed by atoms with E-state index in [9.17, 15) is 13.2 Å². The topological polar surface area (TPSA) is 77.2 Å². The van der Waals surface area contributed by atoms with Gasteiger partial charge >= 0.3 is 0 Å². The maximum atomic E-state index is 12.1. The Balaban J connectivity index is 2.56. The van der Waals surface area contributed by atoms with Gasteiger partial charge in [0.2, 0.25) is 0 Å². The molecule has 0 aromatic heterocycles. The molecule has 0 radical (unpaired) electrons. The third-order valence-electron chi connectivity index (χ3n) is 3.82. The van der Waals surface area contributed by atoms with Crippen LogP contribution in [0.25, 0.3) is 0 Å². The SMILES string of the molecule is CCCS(=O)(=O)CCC(=O)C1(C)CCCC1N. The summed E-state index contributed by atoms with van der Waals surface area (Å²) < 4.78 is 23.1. The molecule has 0 aromatic carbocycles. The summed E-state index contributed by atoms with van der Waals surface area (Å²) in [5.41, 5.74) is 5.44. The van der Waals surface area contributed by atoms with E-state index in [2.05, 4.69) is 0 Å². The molecule has 1 aliphatic rings. The van der Waals surface area contributed by atoms with Crippen LogP contribution in [-0.4, -0.2) is 31.7 Å². The van der Waals surface area contributed by atoms with Gasteiger partial charge in [0, 0.05) is 23.6 Å². The van der Waals surface area contributed by atoms with E-state index in [0.29, 0.717) is 6.42 Å². The highest BCUT2D eigenvalue weighted by Gasteiger charge is 2.42. The molecule has 0 heterocycles. The van der Waals surface area contributed by atoms with Crippen LogP contribution in [-0.2, 0) is 14.6 Å². The molecule has 0 bridgehead atoms. The van der Waals surface area contributed by atoms with E-state index in [0.717, 1.165) is 19.3 Å². The molecule has 2 N–H and O–H groups in total. The van der Waals surface area contributed by atoms with Gasteiger partial charge in [-0.15, -0.1) is 0 Å². The third-order valence-corrected chi connectivity index (χ3v) is 5.68. The van der Waals surface area contributed by atoms with Gasteiger partial charge in [0.25, 0.3) is 0 Å². The van der Waals surface area contributed by atoms with E-state index in [1.54, 1.807) is 0 Å².